The largest absolute Gasteiger partial charge is 0.467 e. The average Bonchev–Trinajstić information content (AvgIpc) is 2.92. The molecule has 0 bridgehead atoms. The van der Waals surface area contributed by atoms with Crippen LogP contribution < -0.4 is 11.3 Å². The SMILES string of the molecule is CCCn1nncc1C(NN)c1occc1C. The monoisotopic (exact) mass is 235 g/mol. The van der Waals surface area contributed by atoms with E-state index in [2.05, 4.69) is 22.7 Å². The lowest BCUT2D eigenvalue weighted by atomic mass is 10.1. The summed E-state index contributed by atoms with van der Waals surface area (Å²) in [4.78, 5) is 0. The summed E-state index contributed by atoms with van der Waals surface area (Å²) in [6.45, 7) is 4.89. The molecule has 0 saturated heterocycles. The standard InChI is InChI=1S/C11H17N5O/c1-3-5-16-9(7-13-15-16)10(14-12)11-8(2)4-6-17-11/h4,6-7,10,14H,3,5,12H2,1-2H3. The van der Waals surface area contributed by atoms with Crippen LogP contribution in [0.25, 0.3) is 0 Å². The van der Waals surface area contributed by atoms with Gasteiger partial charge in [0.15, 0.2) is 0 Å². The van der Waals surface area contributed by atoms with Gasteiger partial charge in [-0.2, -0.15) is 0 Å². The number of rotatable bonds is 5. The van der Waals surface area contributed by atoms with Gasteiger partial charge in [0.1, 0.15) is 11.8 Å². The molecule has 92 valence electrons. The molecule has 0 aliphatic carbocycles. The van der Waals surface area contributed by atoms with Crippen LogP contribution in [0.3, 0.4) is 0 Å². The Balaban J connectivity index is 2.35. The molecule has 2 aromatic heterocycles. The van der Waals surface area contributed by atoms with Gasteiger partial charge in [-0.3, -0.25) is 5.84 Å². The number of nitrogens with zero attached hydrogens (tertiary/aromatic N) is 3. The normalized spacial score (nSPS) is 12.9. The lowest BCUT2D eigenvalue weighted by molar-refractivity contribution is 0.425. The number of nitrogens with one attached hydrogen (secondary N) is 1. The van der Waals surface area contributed by atoms with Crippen LogP contribution in [-0.2, 0) is 6.54 Å². The van der Waals surface area contributed by atoms with E-state index in [1.165, 1.54) is 0 Å². The highest BCUT2D eigenvalue weighted by molar-refractivity contribution is 5.25. The second-order valence-electron chi connectivity index (χ2n) is 3.95. The summed E-state index contributed by atoms with van der Waals surface area (Å²) in [6.07, 6.45) is 4.36. The maximum Gasteiger partial charge on any atom is 0.131 e. The number of nitrogens with two attached hydrogens (primary N) is 1. The molecule has 0 amide bonds. The van der Waals surface area contributed by atoms with Crippen molar-refractivity contribution in [3.05, 3.63) is 35.5 Å². The summed E-state index contributed by atoms with van der Waals surface area (Å²) in [5.41, 5.74) is 4.71. The summed E-state index contributed by atoms with van der Waals surface area (Å²) in [5.74, 6) is 6.41. The Morgan fingerprint density at radius 1 is 1.59 bits per heavy atom. The molecule has 3 N–H and O–H groups in total. The fourth-order valence-corrected chi connectivity index (χ4v) is 1.85. The zero-order chi connectivity index (χ0) is 12.3. The third kappa shape index (κ3) is 2.22. The molecule has 0 spiro atoms. The first kappa shape index (κ1) is 11.8. The minimum atomic E-state index is -0.216. The van der Waals surface area contributed by atoms with E-state index >= 15 is 0 Å². The molecule has 6 nitrogen and oxygen atoms in total. The van der Waals surface area contributed by atoms with Crippen LogP contribution in [0.1, 0.15) is 36.4 Å². The first-order valence-electron chi connectivity index (χ1n) is 5.66. The highest BCUT2D eigenvalue weighted by Gasteiger charge is 2.22. The van der Waals surface area contributed by atoms with Crippen molar-refractivity contribution >= 4 is 0 Å². The van der Waals surface area contributed by atoms with Gasteiger partial charge >= 0.3 is 0 Å². The number of aromatic nitrogens is 3. The Morgan fingerprint density at radius 2 is 2.41 bits per heavy atom. The lowest BCUT2D eigenvalue weighted by Gasteiger charge is -2.15. The predicted octanol–water partition coefficient (Wildman–Crippen LogP) is 1.14. The zero-order valence-corrected chi connectivity index (χ0v) is 10.1. The van der Waals surface area contributed by atoms with E-state index in [0.717, 1.165) is 30.0 Å². The molecule has 0 aliphatic rings. The lowest BCUT2D eigenvalue weighted by Crippen LogP contribution is -2.31. The molecule has 2 rings (SSSR count). The van der Waals surface area contributed by atoms with E-state index in [1.54, 1.807) is 12.5 Å². The van der Waals surface area contributed by atoms with Crippen LogP contribution in [0.15, 0.2) is 22.9 Å². The minimum Gasteiger partial charge on any atom is -0.467 e. The molecule has 1 atom stereocenters. The quantitative estimate of drug-likeness (QED) is 0.600. The zero-order valence-electron chi connectivity index (χ0n) is 10.1. The van der Waals surface area contributed by atoms with Gasteiger partial charge in [-0.15, -0.1) is 5.10 Å². The summed E-state index contributed by atoms with van der Waals surface area (Å²) in [5, 5.41) is 7.97. The first-order valence-corrected chi connectivity index (χ1v) is 5.66. The molecule has 0 aliphatic heterocycles. The summed E-state index contributed by atoms with van der Waals surface area (Å²) < 4.78 is 7.30. The van der Waals surface area contributed by atoms with Crippen LogP contribution in [-0.4, -0.2) is 15.0 Å². The molecule has 6 heteroatoms. The van der Waals surface area contributed by atoms with Gasteiger partial charge in [-0.05, 0) is 25.0 Å². The van der Waals surface area contributed by atoms with Crippen molar-refractivity contribution in [3.8, 4) is 0 Å². The third-order valence-electron chi connectivity index (χ3n) is 2.71. The fourth-order valence-electron chi connectivity index (χ4n) is 1.85. The second kappa shape index (κ2) is 5.11. The van der Waals surface area contributed by atoms with Crippen molar-refractivity contribution in [1.29, 1.82) is 0 Å². The van der Waals surface area contributed by atoms with E-state index in [0.29, 0.717) is 0 Å². The van der Waals surface area contributed by atoms with Gasteiger partial charge in [0.2, 0.25) is 0 Å². The molecule has 2 heterocycles. The molecule has 2 aromatic rings. The topological polar surface area (TPSA) is 81.9 Å². The molecule has 17 heavy (non-hydrogen) atoms. The minimum absolute atomic E-state index is 0.216. The molecular formula is C11H17N5O. The van der Waals surface area contributed by atoms with Crippen molar-refractivity contribution in [2.75, 3.05) is 0 Å². The predicted molar refractivity (Wildman–Crippen MR) is 62.9 cm³/mol. The van der Waals surface area contributed by atoms with Crippen LogP contribution in [0.4, 0.5) is 0 Å². The Morgan fingerprint density at radius 3 is 3.00 bits per heavy atom. The Labute approximate surface area is 99.8 Å². The highest BCUT2D eigenvalue weighted by Crippen LogP contribution is 2.24. The molecule has 0 fully saturated rings. The third-order valence-corrected chi connectivity index (χ3v) is 2.71. The summed E-state index contributed by atoms with van der Waals surface area (Å²) >= 11 is 0. The number of furan rings is 1. The van der Waals surface area contributed by atoms with Crippen molar-refractivity contribution in [3.63, 3.8) is 0 Å². The smallest absolute Gasteiger partial charge is 0.131 e. The second-order valence-corrected chi connectivity index (χ2v) is 3.95. The van der Waals surface area contributed by atoms with Crippen molar-refractivity contribution in [2.45, 2.75) is 32.9 Å². The van der Waals surface area contributed by atoms with Gasteiger partial charge in [0, 0.05) is 6.54 Å². The molecule has 0 aromatic carbocycles. The molecular weight excluding hydrogens is 218 g/mol. The van der Waals surface area contributed by atoms with Crippen LogP contribution in [0.5, 0.6) is 0 Å². The van der Waals surface area contributed by atoms with E-state index < -0.39 is 0 Å². The van der Waals surface area contributed by atoms with Gasteiger partial charge in [-0.1, -0.05) is 12.1 Å². The first-order chi connectivity index (χ1) is 8.27. The van der Waals surface area contributed by atoms with E-state index in [4.69, 9.17) is 10.3 Å². The van der Waals surface area contributed by atoms with Crippen LogP contribution >= 0.6 is 0 Å². The summed E-state index contributed by atoms with van der Waals surface area (Å²) in [6, 6.07) is 1.69. The molecule has 1 unspecified atom stereocenters. The maximum atomic E-state index is 5.61. The van der Waals surface area contributed by atoms with E-state index in [9.17, 15) is 0 Å². The number of hydrogen-bond donors (Lipinski definition) is 2. The van der Waals surface area contributed by atoms with E-state index in [1.807, 2.05) is 17.7 Å². The Hall–Kier alpha value is -1.66. The van der Waals surface area contributed by atoms with Crippen LogP contribution in [0.2, 0.25) is 0 Å². The fraction of sp³-hybridized carbons (Fsp3) is 0.455. The number of hydrazine groups is 1. The average molecular weight is 235 g/mol. The van der Waals surface area contributed by atoms with Gasteiger partial charge in [0.25, 0.3) is 0 Å². The Bertz CT molecular complexity index is 476. The Kier molecular flexibility index (Phi) is 3.55. The number of aryl methyl sites for hydroxylation is 2. The van der Waals surface area contributed by atoms with Gasteiger partial charge in [-0.25, -0.2) is 10.1 Å². The molecule has 0 radical (unpaired) electrons. The van der Waals surface area contributed by atoms with Crippen LogP contribution in [0, 0.1) is 6.92 Å². The summed E-state index contributed by atoms with van der Waals surface area (Å²) in [7, 11) is 0. The number of hydrogen-bond acceptors (Lipinski definition) is 5. The van der Waals surface area contributed by atoms with Crippen molar-refractivity contribution in [2.24, 2.45) is 5.84 Å². The van der Waals surface area contributed by atoms with E-state index in [-0.39, 0.29) is 6.04 Å². The highest BCUT2D eigenvalue weighted by atomic mass is 16.3. The van der Waals surface area contributed by atoms with Gasteiger partial charge < -0.3 is 4.42 Å². The van der Waals surface area contributed by atoms with Gasteiger partial charge in [0.05, 0.1) is 18.2 Å². The van der Waals surface area contributed by atoms with Crippen molar-refractivity contribution < 1.29 is 4.42 Å². The molecule has 0 saturated carbocycles. The maximum absolute atomic E-state index is 5.61. The van der Waals surface area contributed by atoms with Crippen molar-refractivity contribution in [1.82, 2.24) is 20.4 Å².